The molecule has 0 radical (unpaired) electrons. The van der Waals surface area contributed by atoms with Crippen LogP contribution < -0.4 is 4.74 Å². The molecule has 1 fully saturated rings. The number of rotatable bonds is 5. The molecule has 0 N–H and O–H groups in total. The van der Waals surface area contributed by atoms with Gasteiger partial charge >= 0.3 is 6.36 Å². The molecule has 0 spiro atoms. The number of ether oxygens (including phenoxy) is 1. The summed E-state index contributed by atoms with van der Waals surface area (Å²) in [7, 11) is 0. The number of carbonyl (C=O) groups is 2. The van der Waals surface area contributed by atoms with Gasteiger partial charge in [-0.1, -0.05) is 19.1 Å². The average Bonchev–Trinajstić information content (AvgIpc) is 2.48. The molecule has 24 heavy (non-hydrogen) atoms. The molecule has 1 heterocycles. The fourth-order valence-electron chi connectivity index (χ4n) is 2.67. The van der Waals surface area contributed by atoms with Crippen LogP contribution in [0.4, 0.5) is 13.2 Å². The van der Waals surface area contributed by atoms with E-state index in [-0.39, 0.29) is 30.7 Å². The van der Waals surface area contributed by atoms with E-state index in [1.807, 2.05) is 6.92 Å². The topological polar surface area (TPSA) is 49.9 Å². The van der Waals surface area contributed by atoms with Crippen molar-refractivity contribution < 1.29 is 27.5 Å². The highest BCUT2D eigenvalue weighted by Crippen LogP contribution is 2.24. The highest BCUT2D eigenvalue weighted by atomic mass is 19.4. The maximum Gasteiger partial charge on any atom is 0.573 e. The lowest BCUT2D eigenvalue weighted by molar-refractivity contribution is -0.274. The molecular weight excluding hydrogens is 325 g/mol. The summed E-state index contributed by atoms with van der Waals surface area (Å²) >= 11 is 0. The van der Waals surface area contributed by atoms with E-state index >= 15 is 0 Å². The highest BCUT2D eigenvalue weighted by molar-refractivity contribution is 5.94. The molecule has 5 nitrogen and oxygen atoms in total. The first kappa shape index (κ1) is 18.1. The van der Waals surface area contributed by atoms with Gasteiger partial charge in [-0.25, -0.2) is 0 Å². The van der Waals surface area contributed by atoms with Crippen molar-refractivity contribution in [3.63, 3.8) is 0 Å². The van der Waals surface area contributed by atoms with Gasteiger partial charge in [-0.15, -0.1) is 13.2 Å². The van der Waals surface area contributed by atoms with Crippen molar-refractivity contribution in [1.82, 2.24) is 9.80 Å². The number of nitrogens with zero attached hydrogens (tertiary/aromatic N) is 2. The van der Waals surface area contributed by atoms with Crippen molar-refractivity contribution in [2.75, 3.05) is 13.1 Å². The summed E-state index contributed by atoms with van der Waals surface area (Å²) < 4.78 is 40.7. The van der Waals surface area contributed by atoms with E-state index in [1.165, 1.54) is 28.0 Å². The third kappa shape index (κ3) is 4.39. The van der Waals surface area contributed by atoms with Gasteiger partial charge in [0.15, 0.2) is 0 Å². The normalized spacial score (nSPS) is 19.0. The zero-order valence-electron chi connectivity index (χ0n) is 13.5. The van der Waals surface area contributed by atoms with Crippen molar-refractivity contribution in [3.05, 3.63) is 29.8 Å². The lowest BCUT2D eigenvalue weighted by Gasteiger charge is -2.38. The van der Waals surface area contributed by atoms with Gasteiger partial charge in [0.2, 0.25) is 11.8 Å². The zero-order chi connectivity index (χ0) is 17.9. The van der Waals surface area contributed by atoms with Crippen LogP contribution >= 0.6 is 0 Å². The number of hydrogen-bond acceptors (Lipinski definition) is 3. The lowest BCUT2D eigenvalue weighted by Crippen LogP contribution is -2.58. The van der Waals surface area contributed by atoms with Crippen LogP contribution in [-0.4, -0.2) is 47.1 Å². The van der Waals surface area contributed by atoms with Crippen LogP contribution in [0.25, 0.3) is 0 Å². The largest absolute Gasteiger partial charge is 0.573 e. The van der Waals surface area contributed by atoms with Crippen LogP contribution in [-0.2, 0) is 16.1 Å². The number of amides is 2. The highest BCUT2D eigenvalue weighted by Gasteiger charge is 2.36. The van der Waals surface area contributed by atoms with E-state index in [4.69, 9.17) is 0 Å². The third-order valence-corrected chi connectivity index (χ3v) is 3.76. The molecule has 1 aliphatic heterocycles. The Hall–Kier alpha value is -2.25. The summed E-state index contributed by atoms with van der Waals surface area (Å²) in [4.78, 5) is 27.4. The average molecular weight is 344 g/mol. The van der Waals surface area contributed by atoms with E-state index < -0.39 is 12.4 Å². The Morgan fingerprint density at radius 2 is 2.00 bits per heavy atom. The Morgan fingerprint density at radius 3 is 2.62 bits per heavy atom. The zero-order valence-corrected chi connectivity index (χ0v) is 13.5. The van der Waals surface area contributed by atoms with Crippen molar-refractivity contribution >= 4 is 11.8 Å². The predicted molar refractivity (Wildman–Crippen MR) is 80.0 cm³/mol. The molecule has 0 aliphatic carbocycles. The van der Waals surface area contributed by atoms with Crippen LogP contribution in [0, 0.1) is 0 Å². The van der Waals surface area contributed by atoms with Gasteiger partial charge in [-0.2, -0.15) is 0 Å². The summed E-state index contributed by atoms with van der Waals surface area (Å²) in [5.41, 5.74) is 0.466. The molecule has 8 heteroatoms. The summed E-state index contributed by atoms with van der Waals surface area (Å²) in [6.07, 6.45) is -4.02. The SMILES string of the molecule is CCCN1CC(=O)N(Cc2cccc(OC(F)(F)F)c2)[C@@H](C)C1=O. The summed E-state index contributed by atoms with van der Waals surface area (Å²) in [6, 6.07) is 4.76. The van der Waals surface area contributed by atoms with E-state index in [0.29, 0.717) is 12.1 Å². The molecule has 1 aromatic rings. The fourth-order valence-corrected chi connectivity index (χ4v) is 2.67. The van der Waals surface area contributed by atoms with Crippen molar-refractivity contribution in [1.29, 1.82) is 0 Å². The first-order valence-electron chi connectivity index (χ1n) is 7.64. The van der Waals surface area contributed by atoms with Gasteiger partial charge in [-0.3, -0.25) is 9.59 Å². The summed E-state index contributed by atoms with van der Waals surface area (Å²) in [5.74, 6) is -0.729. The van der Waals surface area contributed by atoms with Gasteiger partial charge in [0.25, 0.3) is 0 Å². The van der Waals surface area contributed by atoms with E-state index in [2.05, 4.69) is 4.74 Å². The molecule has 0 aromatic heterocycles. The number of carbonyl (C=O) groups excluding carboxylic acids is 2. The minimum Gasteiger partial charge on any atom is -0.406 e. The molecule has 1 atom stereocenters. The number of hydrogen-bond donors (Lipinski definition) is 0. The second-order valence-electron chi connectivity index (χ2n) is 5.65. The molecule has 1 aromatic carbocycles. The Bertz CT molecular complexity index is 619. The van der Waals surface area contributed by atoms with Crippen LogP contribution in [0.5, 0.6) is 5.75 Å². The van der Waals surface area contributed by atoms with Crippen molar-refractivity contribution in [3.8, 4) is 5.75 Å². The van der Waals surface area contributed by atoms with E-state index in [0.717, 1.165) is 6.42 Å². The molecular formula is C16H19F3N2O3. The molecule has 0 bridgehead atoms. The first-order valence-corrected chi connectivity index (χ1v) is 7.64. The second kappa shape index (κ2) is 7.11. The second-order valence-corrected chi connectivity index (χ2v) is 5.65. The van der Waals surface area contributed by atoms with Gasteiger partial charge in [-0.05, 0) is 31.0 Å². The Kier molecular flexibility index (Phi) is 5.36. The number of piperazine rings is 1. The van der Waals surface area contributed by atoms with Crippen molar-refractivity contribution in [2.45, 2.75) is 39.2 Å². The predicted octanol–water partition coefficient (Wildman–Crippen LogP) is 2.55. The fraction of sp³-hybridized carbons (Fsp3) is 0.500. The van der Waals surface area contributed by atoms with E-state index in [1.54, 1.807) is 13.0 Å². The van der Waals surface area contributed by atoms with Crippen LogP contribution in [0.3, 0.4) is 0 Å². The molecule has 2 amide bonds. The van der Waals surface area contributed by atoms with Crippen LogP contribution in [0.2, 0.25) is 0 Å². The summed E-state index contributed by atoms with van der Waals surface area (Å²) in [5, 5.41) is 0. The standard InChI is InChI=1S/C16H19F3N2O3/c1-3-7-20-10-14(22)21(11(2)15(20)23)9-12-5-4-6-13(8-12)24-16(17,18)19/h4-6,8,11H,3,7,9-10H2,1-2H3/t11-/m0/s1. The van der Waals surface area contributed by atoms with Crippen LogP contribution in [0.1, 0.15) is 25.8 Å². The molecule has 132 valence electrons. The third-order valence-electron chi connectivity index (χ3n) is 3.76. The van der Waals surface area contributed by atoms with Gasteiger partial charge in [0.05, 0.1) is 6.54 Å². The Labute approximate surface area is 138 Å². The maximum atomic E-state index is 12.3. The smallest absolute Gasteiger partial charge is 0.406 e. The van der Waals surface area contributed by atoms with E-state index in [9.17, 15) is 22.8 Å². The molecule has 0 unspecified atom stereocenters. The number of benzene rings is 1. The summed E-state index contributed by atoms with van der Waals surface area (Å²) in [6.45, 7) is 4.10. The van der Waals surface area contributed by atoms with Gasteiger partial charge in [0.1, 0.15) is 11.8 Å². The lowest BCUT2D eigenvalue weighted by atomic mass is 10.1. The minimum absolute atomic E-state index is 0.00421. The molecule has 0 saturated carbocycles. The Morgan fingerprint density at radius 1 is 1.29 bits per heavy atom. The Balaban J connectivity index is 2.12. The maximum absolute atomic E-state index is 12.3. The quantitative estimate of drug-likeness (QED) is 0.825. The first-order chi connectivity index (χ1) is 11.2. The number of halogens is 3. The minimum atomic E-state index is -4.77. The molecule has 1 saturated heterocycles. The van der Waals surface area contributed by atoms with Crippen molar-refractivity contribution in [2.24, 2.45) is 0 Å². The monoisotopic (exact) mass is 344 g/mol. The molecule has 1 aliphatic rings. The van der Waals surface area contributed by atoms with Gasteiger partial charge < -0.3 is 14.5 Å². The van der Waals surface area contributed by atoms with Gasteiger partial charge in [0, 0.05) is 13.1 Å². The molecule has 2 rings (SSSR count). The number of alkyl halides is 3. The van der Waals surface area contributed by atoms with Crippen LogP contribution in [0.15, 0.2) is 24.3 Å².